The fourth-order valence-electron chi connectivity index (χ4n) is 2.47. The van der Waals surface area contributed by atoms with Gasteiger partial charge < -0.3 is 16.0 Å². The number of rotatable bonds is 6. The summed E-state index contributed by atoms with van der Waals surface area (Å²) in [7, 11) is 0. The molecule has 1 aliphatic rings. The van der Waals surface area contributed by atoms with Crippen LogP contribution in [0, 0.1) is 0 Å². The number of nitrogens with two attached hydrogens (primary N) is 1. The summed E-state index contributed by atoms with van der Waals surface area (Å²) in [5.41, 5.74) is 6.64. The summed E-state index contributed by atoms with van der Waals surface area (Å²) in [6.07, 6.45) is 2.42. The van der Waals surface area contributed by atoms with E-state index in [1.165, 1.54) is 0 Å². The highest BCUT2D eigenvalue weighted by Gasteiger charge is 2.18. The maximum Gasteiger partial charge on any atom is 0.221 e. The van der Waals surface area contributed by atoms with Crippen molar-refractivity contribution in [3.8, 4) is 0 Å². The van der Waals surface area contributed by atoms with Gasteiger partial charge in [0.2, 0.25) is 5.91 Å². The molecule has 1 saturated heterocycles. The highest BCUT2D eigenvalue weighted by Crippen LogP contribution is 2.14. The van der Waals surface area contributed by atoms with E-state index in [2.05, 4.69) is 20.1 Å². The summed E-state index contributed by atoms with van der Waals surface area (Å²) in [6, 6.07) is 4.07. The molecule has 6 nitrogen and oxygen atoms in total. The first kappa shape index (κ1) is 15.7. The van der Waals surface area contributed by atoms with Gasteiger partial charge >= 0.3 is 0 Å². The fourth-order valence-corrected chi connectivity index (χ4v) is 2.47. The van der Waals surface area contributed by atoms with Crippen molar-refractivity contribution in [3.63, 3.8) is 0 Å². The number of hydrogen-bond acceptors (Lipinski definition) is 5. The van der Waals surface area contributed by atoms with E-state index < -0.39 is 0 Å². The van der Waals surface area contributed by atoms with Crippen LogP contribution in [0.4, 0.5) is 5.82 Å². The van der Waals surface area contributed by atoms with Crippen molar-refractivity contribution < 1.29 is 4.79 Å². The first-order valence-electron chi connectivity index (χ1n) is 7.62. The lowest BCUT2D eigenvalue weighted by Gasteiger charge is -2.35. The maximum absolute atomic E-state index is 11.5. The Morgan fingerprint density at radius 2 is 2.10 bits per heavy atom. The summed E-state index contributed by atoms with van der Waals surface area (Å²) >= 11 is 0. The quantitative estimate of drug-likeness (QED) is 0.782. The van der Waals surface area contributed by atoms with Crippen LogP contribution in [0.2, 0.25) is 0 Å². The molecule has 0 bridgehead atoms. The lowest BCUT2D eigenvalue weighted by molar-refractivity contribution is -0.121. The van der Waals surface area contributed by atoms with E-state index in [-0.39, 0.29) is 5.91 Å². The highest BCUT2D eigenvalue weighted by atomic mass is 16.1. The predicted octanol–water partition coefficient (Wildman–Crippen LogP) is 0.189. The van der Waals surface area contributed by atoms with E-state index in [0.717, 1.165) is 44.1 Å². The number of anilines is 1. The number of aromatic nitrogens is 1. The number of carbonyl (C=O) groups excluding carboxylic acids is 1. The lowest BCUT2D eigenvalue weighted by Crippen LogP contribution is -2.47. The Labute approximate surface area is 126 Å². The van der Waals surface area contributed by atoms with Crippen LogP contribution in [-0.4, -0.2) is 55.1 Å². The molecule has 0 atom stereocenters. The Morgan fingerprint density at radius 3 is 2.67 bits per heavy atom. The van der Waals surface area contributed by atoms with Crippen LogP contribution in [0.25, 0.3) is 0 Å². The van der Waals surface area contributed by atoms with Gasteiger partial charge in [0, 0.05) is 58.4 Å². The number of amides is 1. The number of nitrogens with zero attached hydrogens (tertiary/aromatic N) is 3. The van der Waals surface area contributed by atoms with Crippen molar-refractivity contribution >= 4 is 11.7 Å². The van der Waals surface area contributed by atoms with Crippen molar-refractivity contribution in [2.24, 2.45) is 5.73 Å². The predicted molar refractivity (Wildman–Crippen MR) is 84.1 cm³/mol. The van der Waals surface area contributed by atoms with E-state index in [9.17, 15) is 4.79 Å². The minimum atomic E-state index is 0.138. The molecule has 2 heterocycles. The van der Waals surface area contributed by atoms with Crippen molar-refractivity contribution in [2.45, 2.75) is 19.9 Å². The van der Waals surface area contributed by atoms with E-state index in [1.54, 1.807) is 0 Å². The van der Waals surface area contributed by atoms with Crippen molar-refractivity contribution in [3.05, 3.63) is 23.9 Å². The smallest absolute Gasteiger partial charge is 0.221 e. The summed E-state index contributed by atoms with van der Waals surface area (Å²) in [4.78, 5) is 20.5. The normalized spacial score (nSPS) is 16.0. The molecule has 0 spiro atoms. The first-order valence-corrected chi connectivity index (χ1v) is 7.62. The molecule has 1 fully saturated rings. The standard InChI is InChI=1S/C15H25N5O/c1-2-17-15(21)5-6-19-7-9-20(10-8-19)14-4-3-13(11-16)12-18-14/h3-4,12H,2,5-11,16H2,1H3,(H,17,21). The van der Waals surface area contributed by atoms with Crippen LogP contribution >= 0.6 is 0 Å². The summed E-state index contributed by atoms with van der Waals surface area (Å²) in [5.74, 6) is 1.15. The van der Waals surface area contributed by atoms with Crippen LogP contribution in [0.1, 0.15) is 18.9 Å². The van der Waals surface area contributed by atoms with Crippen molar-refractivity contribution in [1.82, 2.24) is 15.2 Å². The fraction of sp³-hybridized carbons (Fsp3) is 0.600. The van der Waals surface area contributed by atoms with Crippen LogP contribution in [0.15, 0.2) is 18.3 Å². The number of piperazine rings is 1. The molecule has 0 radical (unpaired) electrons. The Kier molecular flexibility index (Phi) is 5.95. The second kappa shape index (κ2) is 7.95. The highest BCUT2D eigenvalue weighted by molar-refractivity contribution is 5.75. The molecule has 1 aromatic heterocycles. The van der Waals surface area contributed by atoms with Gasteiger partial charge in [-0.05, 0) is 18.6 Å². The molecule has 1 aromatic rings. The van der Waals surface area contributed by atoms with E-state index >= 15 is 0 Å². The van der Waals surface area contributed by atoms with E-state index in [0.29, 0.717) is 19.5 Å². The van der Waals surface area contributed by atoms with Crippen LogP contribution in [0.3, 0.4) is 0 Å². The topological polar surface area (TPSA) is 74.5 Å². The molecule has 0 aliphatic carbocycles. The molecule has 2 rings (SSSR count). The van der Waals surface area contributed by atoms with E-state index in [1.807, 2.05) is 25.3 Å². The van der Waals surface area contributed by atoms with Gasteiger partial charge in [-0.3, -0.25) is 9.69 Å². The van der Waals surface area contributed by atoms with Gasteiger partial charge in [0.1, 0.15) is 5.82 Å². The second-order valence-corrected chi connectivity index (χ2v) is 5.26. The molecule has 0 unspecified atom stereocenters. The average Bonchev–Trinajstić information content (AvgIpc) is 2.54. The number of hydrogen-bond donors (Lipinski definition) is 2. The van der Waals surface area contributed by atoms with Crippen molar-refractivity contribution in [1.29, 1.82) is 0 Å². The van der Waals surface area contributed by atoms with Gasteiger partial charge in [-0.15, -0.1) is 0 Å². The third kappa shape index (κ3) is 4.68. The Bertz CT molecular complexity index is 440. The molecule has 0 aromatic carbocycles. The molecule has 0 saturated carbocycles. The van der Waals surface area contributed by atoms with Gasteiger partial charge in [-0.1, -0.05) is 6.07 Å². The Hall–Kier alpha value is -1.66. The molecule has 1 amide bonds. The van der Waals surface area contributed by atoms with Gasteiger partial charge in [-0.2, -0.15) is 0 Å². The van der Waals surface area contributed by atoms with Crippen molar-refractivity contribution in [2.75, 3.05) is 44.2 Å². The van der Waals surface area contributed by atoms with Crippen LogP contribution in [0.5, 0.6) is 0 Å². The third-order valence-electron chi connectivity index (χ3n) is 3.77. The first-order chi connectivity index (χ1) is 10.2. The molecular weight excluding hydrogens is 266 g/mol. The monoisotopic (exact) mass is 291 g/mol. The zero-order valence-corrected chi connectivity index (χ0v) is 12.7. The lowest BCUT2D eigenvalue weighted by atomic mass is 10.2. The van der Waals surface area contributed by atoms with Gasteiger partial charge in [0.25, 0.3) is 0 Å². The largest absolute Gasteiger partial charge is 0.356 e. The van der Waals surface area contributed by atoms with Gasteiger partial charge in [0.15, 0.2) is 0 Å². The van der Waals surface area contributed by atoms with Gasteiger partial charge in [0.05, 0.1) is 0 Å². The zero-order valence-electron chi connectivity index (χ0n) is 12.7. The SMILES string of the molecule is CCNC(=O)CCN1CCN(c2ccc(CN)cn2)CC1. The van der Waals surface area contributed by atoms with Crippen LogP contribution in [-0.2, 0) is 11.3 Å². The Morgan fingerprint density at radius 1 is 1.33 bits per heavy atom. The molecule has 3 N–H and O–H groups in total. The summed E-state index contributed by atoms with van der Waals surface area (Å²) in [5, 5.41) is 2.83. The summed E-state index contributed by atoms with van der Waals surface area (Å²) < 4.78 is 0. The minimum absolute atomic E-state index is 0.138. The molecule has 21 heavy (non-hydrogen) atoms. The molecule has 1 aliphatic heterocycles. The molecular formula is C15H25N5O. The number of nitrogens with one attached hydrogen (secondary N) is 1. The Balaban J connectivity index is 1.76. The van der Waals surface area contributed by atoms with E-state index in [4.69, 9.17) is 5.73 Å². The minimum Gasteiger partial charge on any atom is -0.356 e. The maximum atomic E-state index is 11.5. The average molecular weight is 291 g/mol. The molecule has 6 heteroatoms. The third-order valence-corrected chi connectivity index (χ3v) is 3.77. The zero-order chi connectivity index (χ0) is 15.1. The number of carbonyl (C=O) groups is 1. The summed E-state index contributed by atoms with van der Waals surface area (Å²) in [6.45, 7) is 7.85. The van der Waals surface area contributed by atoms with Crippen LogP contribution < -0.4 is 16.0 Å². The second-order valence-electron chi connectivity index (χ2n) is 5.26. The molecule has 116 valence electrons. The van der Waals surface area contributed by atoms with Gasteiger partial charge in [-0.25, -0.2) is 4.98 Å². The number of pyridine rings is 1.